The summed E-state index contributed by atoms with van der Waals surface area (Å²) in [5, 5.41) is 10.4. The van der Waals surface area contributed by atoms with Crippen LogP contribution in [0.2, 0.25) is 0 Å². The Labute approximate surface area is 104 Å². The number of H-pyrrole nitrogens is 1. The highest BCUT2D eigenvalue weighted by molar-refractivity contribution is 5.75. The molecule has 2 heterocycles. The summed E-state index contributed by atoms with van der Waals surface area (Å²) in [7, 11) is 0. The van der Waals surface area contributed by atoms with Crippen molar-refractivity contribution in [1.29, 1.82) is 0 Å². The minimum atomic E-state index is -0.116. The molecule has 0 bridgehead atoms. The van der Waals surface area contributed by atoms with E-state index < -0.39 is 0 Å². The molecule has 0 aliphatic carbocycles. The second-order valence-corrected chi connectivity index (χ2v) is 3.75. The van der Waals surface area contributed by atoms with E-state index in [0.717, 1.165) is 5.82 Å². The van der Waals surface area contributed by atoms with Gasteiger partial charge in [-0.1, -0.05) is 5.21 Å². The molecule has 0 aromatic carbocycles. The molecule has 96 valence electrons. The number of nitrogens with zero attached hydrogens (tertiary/aromatic N) is 4. The number of hydrogen-bond donors (Lipinski definition) is 3. The fourth-order valence-electron chi connectivity index (χ4n) is 1.47. The van der Waals surface area contributed by atoms with Crippen LogP contribution in [0.1, 0.15) is 11.5 Å². The van der Waals surface area contributed by atoms with Crippen molar-refractivity contribution >= 4 is 5.91 Å². The van der Waals surface area contributed by atoms with Crippen molar-refractivity contribution in [3.8, 4) is 0 Å². The molecule has 8 nitrogen and oxygen atoms in total. The van der Waals surface area contributed by atoms with Gasteiger partial charge in [0.15, 0.2) is 0 Å². The summed E-state index contributed by atoms with van der Waals surface area (Å²) in [6, 6.07) is 0. The highest BCUT2D eigenvalue weighted by Crippen LogP contribution is 1.91. The van der Waals surface area contributed by atoms with Gasteiger partial charge in [0.1, 0.15) is 12.4 Å². The van der Waals surface area contributed by atoms with E-state index in [0.29, 0.717) is 25.2 Å². The third-order valence-corrected chi connectivity index (χ3v) is 2.34. The van der Waals surface area contributed by atoms with Crippen LogP contribution in [0.3, 0.4) is 0 Å². The Morgan fingerprint density at radius 1 is 1.56 bits per heavy atom. The van der Waals surface area contributed by atoms with Crippen LogP contribution in [0.25, 0.3) is 0 Å². The van der Waals surface area contributed by atoms with E-state index in [4.69, 9.17) is 5.73 Å². The molecule has 0 saturated heterocycles. The summed E-state index contributed by atoms with van der Waals surface area (Å²) in [6.45, 7) is 0.996. The Hall–Kier alpha value is -2.22. The lowest BCUT2D eigenvalue weighted by molar-refractivity contribution is -0.121. The fourth-order valence-corrected chi connectivity index (χ4v) is 1.47. The minimum absolute atomic E-state index is 0.116. The third-order valence-electron chi connectivity index (χ3n) is 2.34. The minimum Gasteiger partial charge on any atom is -0.354 e. The van der Waals surface area contributed by atoms with Crippen LogP contribution in [-0.4, -0.2) is 37.4 Å². The highest BCUT2D eigenvalue weighted by Gasteiger charge is 2.05. The maximum atomic E-state index is 11.6. The zero-order valence-corrected chi connectivity index (χ0v) is 9.83. The van der Waals surface area contributed by atoms with Gasteiger partial charge in [0, 0.05) is 31.9 Å². The Kier molecular flexibility index (Phi) is 4.02. The topological polar surface area (TPSA) is 115 Å². The summed E-state index contributed by atoms with van der Waals surface area (Å²) >= 11 is 0. The number of nitrogens with one attached hydrogen (secondary N) is 2. The fraction of sp³-hybridized carbons (Fsp3) is 0.400. The van der Waals surface area contributed by atoms with Crippen molar-refractivity contribution in [2.75, 3.05) is 6.54 Å². The van der Waals surface area contributed by atoms with E-state index in [1.54, 1.807) is 18.6 Å². The lowest BCUT2D eigenvalue weighted by Crippen LogP contribution is -2.29. The summed E-state index contributed by atoms with van der Waals surface area (Å²) in [5.74, 6) is 0.733. The van der Waals surface area contributed by atoms with Crippen LogP contribution in [-0.2, 0) is 24.3 Å². The molecule has 2 aromatic heterocycles. The van der Waals surface area contributed by atoms with Gasteiger partial charge in [0.25, 0.3) is 0 Å². The van der Waals surface area contributed by atoms with Gasteiger partial charge >= 0.3 is 0 Å². The number of carbonyl (C=O) groups is 1. The van der Waals surface area contributed by atoms with Crippen molar-refractivity contribution in [2.45, 2.75) is 19.5 Å². The number of rotatable bonds is 6. The number of imidazole rings is 1. The average molecular weight is 249 g/mol. The number of hydrogen-bond acceptors (Lipinski definition) is 5. The SMILES string of the molecule is NCc1cn(CC(=O)NCCc2ncc[nH]2)nn1. The van der Waals surface area contributed by atoms with Crippen LogP contribution in [0, 0.1) is 0 Å². The van der Waals surface area contributed by atoms with Gasteiger partial charge in [-0.25, -0.2) is 9.67 Å². The molecule has 0 aliphatic rings. The molecule has 1 amide bonds. The molecule has 0 radical (unpaired) electrons. The first kappa shape index (κ1) is 12.2. The van der Waals surface area contributed by atoms with E-state index in [9.17, 15) is 4.79 Å². The van der Waals surface area contributed by atoms with Crippen molar-refractivity contribution in [1.82, 2.24) is 30.3 Å². The highest BCUT2D eigenvalue weighted by atomic mass is 16.2. The lowest BCUT2D eigenvalue weighted by atomic mass is 10.4. The first-order chi connectivity index (χ1) is 8.78. The molecule has 0 fully saturated rings. The van der Waals surface area contributed by atoms with E-state index in [-0.39, 0.29) is 12.5 Å². The van der Waals surface area contributed by atoms with Crippen molar-refractivity contribution in [2.24, 2.45) is 5.73 Å². The molecule has 0 aliphatic heterocycles. The van der Waals surface area contributed by atoms with Gasteiger partial charge < -0.3 is 16.0 Å². The quantitative estimate of drug-likeness (QED) is 0.596. The smallest absolute Gasteiger partial charge is 0.241 e. The molecule has 2 rings (SSSR count). The Bertz CT molecular complexity index is 490. The average Bonchev–Trinajstić information content (AvgIpc) is 3.00. The predicted octanol–water partition coefficient (Wildman–Crippen LogP) is -1.18. The molecule has 0 atom stereocenters. The standard InChI is InChI=1S/C10H15N7O/c11-5-8-6-17(16-15-8)7-10(18)14-2-1-9-12-3-4-13-9/h3-4,6H,1-2,5,7,11H2,(H,12,13)(H,14,18). The van der Waals surface area contributed by atoms with Crippen LogP contribution >= 0.6 is 0 Å². The first-order valence-electron chi connectivity index (χ1n) is 5.62. The zero-order valence-electron chi connectivity index (χ0n) is 9.83. The maximum absolute atomic E-state index is 11.6. The van der Waals surface area contributed by atoms with Crippen LogP contribution < -0.4 is 11.1 Å². The van der Waals surface area contributed by atoms with E-state index in [1.165, 1.54) is 4.68 Å². The van der Waals surface area contributed by atoms with Gasteiger partial charge in [-0.3, -0.25) is 4.79 Å². The van der Waals surface area contributed by atoms with Crippen molar-refractivity contribution < 1.29 is 4.79 Å². The van der Waals surface area contributed by atoms with Gasteiger partial charge in [-0.05, 0) is 0 Å². The largest absolute Gasteiger partial charge is 0.354 e. The van der Waals surface area contributed by atoms with E-state index >= 15 is 0 Å². The van der Waals surface area contributed by atoms with Gasteiger partial charge in [-0.2, -0.15) is 0 Å². The van der Waals surface area contributed by atoms with E-state index in [2.05, 4.69) is 25.6 Å². The number of aromatic nitrogens is 5. The lowest BCUT2D eigenvalue weighted by Gasteiger charge is -2.03. The summed E-state index contributed by atoms with van der Waals surface area (Å²) in [4.78, 5) is 18.6. The molecule has 4 N–H and O–H groups in total. The van der Waals surface area contributed by atoms with E-state index in [1.807, 2.05) is 0 Å². The zero-order chi connectivity index (χ0) is 12.8. The second-order valence-electron chi connectivity index (χ2n) is 3.75. The third kappa shape index (κ3) is 3.39. The second kappa shape index (κ2) is 5.92. The Morgan fingerprint density at radius 3 is 3.11 bits per heavy atom. The molecular formula is C10H15N7O. The summed E-state index contributed by atoms with van der Waals surface area (Å²) in [5.41, 5.74) is 6.07. The predicted molar refractivity (Wildman–Crippen MR) is 63.2 cm³/mol. The Balaban J connectivity index is 1.71. The normalized spacial score (nSPS) is 10.5. The molecular weight excluding hydrogens is 234 g/mol. The molecule has 0 unspecified atom stereocenters. The first-order valence-corrected chi connectivity index (χ1v) is 5.62. The van der Waals surface area contributed by atoms with Gasteiger partial charge in [0.05, 0.1) is 11.9 Å². The molecule has 18 heavy (non-hydrogen) atoms. The van der Waals surface area contributed by atoms with Crippen LogP contribution in [0.15, 0.2) is 18.6 Å². The molecule has 2 aromatic rings. The van der Waals surface area contributed by atoms with Crippen molar-refractivity contribution in [3.05, 3.63) is 30.1 Å². The summed E-state index contributed by atoms with van der Waals surface area (Å²) in [6.07, 6.45) is 5.76. The Morgan fingerprint density at radius 2 is 2.44 bits per heavy atom. The van der Waals surface area contributed by atoms with Crippen LogP contribution in [0.4, 0.5) is 0 Å². The molecule has 0 spiro atoms. The molecule has 0 saturated carbocycles. The van der Waals surface area contributed by atoms with Crippen molar-refractivity contribution in [3.63, 3.8) is 0 Å². The number of amides is 1. The monoisotopic (exact) mass is 249 g/mol. The number of carbonyl (C=O) groups excluding carboxylic acids is 1. The summed E-state index contributed by atoms with van der Waals surface area (Å²) < 4.78 is 1.46. The van der Waals surface area contributed by atoms with Gasteiger partial charge in [-0.15, -0.1) is 5.10 Å². The molecule has 8 heteroatoms. The number of aromatic amines is 1. The van der Waals surface area contributed by atoms with Crippen LogP contribution in [0.5, 0.6) is 0 Å². The maximum Gasteiger partial charge on any atom is 0.241 e. The van der Waals surface area contributed by atoms with Gasteiger partial charge in [0.2, 0.25) is 5.91 Å². The number of nitrogens with two attached hydrogens (primary N) is 1.